The van der Waals surface area contributed by atoms with Crippen LogP contribution in [0.5, 0.6) is 5.75 Å². The molecule has 2 atom stereocenters. The van der Waals surface area contributed by atoms with E-state index in [0.717, 1.165) is 0 Å². The van der Waals surface area contributed by atoms with Gasteiger partial charge in [-0.1, -0.05) is 24.8 Å². The largest absolute Gasteiger partial charge is 0.508 e. The van der Waals surface area contributed by atoms with Gasteiger partial charge in [0, 0.05) is 16.7 Å². The van der Waals surface area contributed by atoms with E-state index in [1.54, 1.807) is 43.3 Å². The highest BCUT2D eigenvalue weighted by atomic mass is 16.5. The highest BCUT2D eigenvalue weighted by Crippen LogP contribution is 2.10. The van der Waals surface area contributed by atoms with Crippen molar-refractivity contribution in [1.82, 2.24) is 10.8 Å². The summed E-state index contributed by atoms with van der Waals surface area (Å²) in [5, 5.41) is 30.4. The second-order valence-electron chi connectivity index (χ2n) is 5.78. The first-order chi connectivity index (χ1) is 12.9. The quantitative estimate of drug-likeness (QED) is 0.308. The van der Waals surface area contributed by atoms with E-state index in [1.165, 1.54) is 17.6 Å². The standard InChI is InChI=1S/C20H20N2O5/c1-2-17(24)18(20(26)22-27)21-19(25)15-10-8-13(9-11-15)6-7-14-4-3-5-16(23)12-14/h3-5,8-12,17-18,23-24,27H,2H2,1H3,(H,21,25)(H,22,26)/t17-,18+/m1/s1. The molecule has 0 spiro atoms. The summed E-state index contributed by atoms with van der Waals surface area (Å²) in [5.74, 6) is 4.49. The van der Waals surface area contributed by atoms with Crippen molar-refractivity contribution in [3.63, 3.8) is 0 Å². The first-order valence-corrected chi connectivity index (χ1v) is 8.28. The average molecular weight is 368 g/mol. The summed E-state index contributed by atoms with van der Waals surface area (Å²) in [7, 11) is 0. The molecule has 0 radical (unpaired) electrons. The number of hydroxylamine groups is 1. The number of benzene rings is 2. The molecule has 5 N–H and O–H groups in total. The van der Waals surface area contributed by atoms with E-state index in [9.17, 15) is 19.8 Å². The van der Waals surface area contributed by atoms with E-state index in [-0.39, 0.29) is 17.7 Å². The summed E-state index contributed by atoms with van der Waals surface area (Å²) < 4.78 is 0. The zero-order chi connectivity index (χ0) is 19.8. The lowest BCUT2D eigenvalue weighted by Crippen LogP contribution is -2.52. The van der Waals surface area contributed by atoms with Gasteiger partial charge in [0.05, 0.1) is 6.10 Å². The van der Waals surface area contributed by atoms with Crippen LogP contribution in [0, 0.1) is 11.8 Å². The third-order valence-corrected chi connectivity index (χ3v) is 3.83. The predicted octanol–water partition coefficient (Wildman–Crippen LogP) is 1.17. The van der Waals surface area contributed by atoms with Gasteiger partial charge in [0.25, 0.3) is 11.8 Å². The SMILES string of the molecule is CC[C@@H](O)[C@H](NC(=O)c1ccc(C#Cc2cccc(O)c2)cc1)C(=O)NO. The number of carbonyl (C=O) groups excluding carboxylic acids is 2. The van der Waals surface area contributed by atoms with Crippen molar-refractivity contribution in [3.8, 4) is 17.6 Å². The van der Waals surface area contributed by atoms with Gasteiger partial charge in [0.2, 0.25) is 0 Å². The van der Waals surface area contributed by atoms with Gasteiger partial charge in [-0.15, -0.1) is 0 Å². The van der Waals surface area contributed by atoms with Gasteiger partial charge in [-0.25, -0.2) is 5.48 Å². The molecule has 0 fully saturated rings. The van der Waals surface area contributed by atoms with Crippen molar-refractivity contribution in [2.45, 2.75) is 25.5 Å². The van der Waals surface area contributed by atoms with Crippen molar-refractivity contribution in [3.05, 3.63) is 65.2 Å². The van der Waals surface area contributed by atoms with Crippen LogP contribution in [0.4, 0.5) is 0 Å². The molecule has 0 aliphatic heterocycles. The normalized spacial score (nSPS) is 12.3. The van der Waals surface area contributed by atoms with Crippen LogP contribution in [0.25, 0.3) is 0 Å². The smallest absolute Gasteiger partial charge is 0.268 e. The molecule has 0 aliphatic carbocycles. The molecule has 7 heteroatoms. The molecule has 0 saturated carbocycles. The van der Waals surface area contributed by atoms with Crippen LogP contribution in [-0.2, 0) is 4.79 Å². The van der Waals surface area contributed by atoms with Crippen LogP contribution >= 0.6 is 0 Å². The number of phenolic OH excluding ortho intramolecular Hbond substituents is 1. The highest BCUT2D eigenvalue weighted by molar-refractivity contribution is 5.97. The van der Waals surface area contributed by atoms with Crippen LogP contribution < -0.4 is 10.8 Å². The summed E-state index contributed by atoms with van der Waals surface area (Å²) in [4.78, 5) is 23.9. The number of amides is 2. The minimum atomic E-state index is -1.27. The summed E-state index contributed by atoms with van der Waals surface area (Å²) in [5.41, 5.74) is 3.02. The Kier molecular flexibility index (Phi) is 6.94. The highest BCUT2D eigenvalue weighted by Gasteiger charge is 2.27. The van der Waals surface area contributed by atoms with E-state index in [0.29, 0.717) is 11.1 Å². The summed E-state index contributed by atoms with van der Waals surface area (Å²) in [6.45, 7) is 1.65. The molecule has 0 bridgehead atoms. The maximum atomic E-state index is 12.3. The lowest BCUT2D eigenvalue weighted by Gasteiger charge is -2.21. The third-order valence-electron chi connectivity index (χ3n) is 3.83. The Hall–Kier alpha value is -3.34. The number of hydrogen-bond donors (Lipinski definition) is 5. The fourth-order valence-electron chi connectivity index (χ4n) is 2.30. The Labute approximate surface area is 156 Å². The fraction of sp³-hybridized carbons (Fsp3) is 0.200. The van der Waals surface area contributed by atoms with Crippen LogP contribution in [0.3, 0.4) is 0 Å². The molecular formula is C20H20N2O5. The van der Waals surface area contributed by atoms with Crippen molar-refractivity contribution < 1.29 is 25.0 Å². The second-order valence-corrected chi connectivity index (χ2v) is 5.78. The fourth-order valence-corrected chi connectivity index (χ4v) is 2.30. The lowest BCUT2D eigenvalue weighted by molar-refractivity contribution is -0.134. The van der Waals surface area contributed by atoms with E-state index >= 15 is 0 Å². The van der Waals surface area contributed by atoms with E-state index in [1.807, 2.05) is 0 Å². The topological polar surface area (TPSA) is 119 Å². The molecule has 2 aromatic carbocycles. The number of hydrogen-bond acceptors (Lipinski definition) is 5. The van der Waals surface area contributed by atoms with Gasteiger partial charge in [-0.2, -0.15) is 0 Å². The van der Waals surface area contributed by atoms with E-state index < -0.39 is 24.0 Å². The molecular weight excluding hydrogens is 348 g/mol. The average Bonchev–Trinajstić information content (AvgIpc) is 2.69. The van der Waals surface area contributed by atoms with Crippen molar-refractivity contribution in [2.75, 3.05) is 0 Å². The first kappa shape index (κ1) is 20.0. The number of nitrogens with one attached hydrogen (secondary N) is 2. The molecule has 2 aromatic rings. The zero-order valence-electron chi connectivity index (χ0n) is 14.6. The predicted molar refractivity (Wildman–Crippen MR) is 98.0 cm³/mol. The van der Waals surface area contributed by atoms with Gasteiger partial charge in [-0.05, 0) is 48.9 Å². The Bertz CT molecular complexity index is 868. The first-order valence-electron chi connectivity index (χ1n) is 8.28. The van der Waals surface area contributed by atoms with Gasteiger partial charge in [-0.3, -0.25) is 14.8 Å². The van der Waals surface area contributed by atoms with E-state index in [2.05, 4.69) is 17.2 Å². The third kappa shape index (κ3) is 5.57. The maximum absolute atomic E-state index is 12.3. The summed E-state index contributed by atoms with van der Waals surface area (Å²) in [6.07, 6.45) is -0.907. The number of aromatic hydroxyl groups is 1. The second kappa shape index (κ2) is 9.38. The van der Waals surface area contributed by atoms with Crippen molar-refractivity contribution in [1.29, 1.82) is 0 Å². The Balaban J connectivity index is 2.10. The number of phenols is 1. The lowest BCUT2D eigenvalue weighted by atomic mass is 10.1. The number of aliphatic hydroxyl groups excluding tert-OH is 1. The molecule has 7 nitrogen and oxygen atoms in total. The van der Waals surface area contributed by atoms with Crippen molar-refractivity contribution >= 4 is 11.8 Å². The summed E-state index contributed by atoms with van der Waals surface area (Å²) in [6, 6.07) is 11.6. The van der Waals surface area contributed by atoms with Crippen LogP contribution in [0.1, 0.15) is 34.8 Å². The maximum Gasteiger partial charge on any atom is 0.268 e. The zero-order valence-corrected chi connectivity index (χ0v) is 14.6. The number of rotatable bonds is 5. The van der Waals surface area contributed by atoms with Crippen LogP contribution in [0.2, 0.25) is 0 Å². The molecule has 2 amide bonds. The minimum Gasteiger partial charge on any atom is -0.508 e. The molecule has 140 valence electrons. The Morgan fingerprint density at radius 1 is 1.07 bits per heavy atom. The molecule has 0 heterocycles. The Morgan fingerprint density at radius 2 is 1.74 bits per heavy atom. The number of carbonyl (C=O) groups is 2. The van der Waals surface area contributed by atoms with Gasteiger partial charge < -0.3 is 15.5 Å². The van der Waals surface area contributed by atoms with Crippen LogP contribution in [-0.4, -0.2) is 39.4 Å². The van der Waals surface area contributed by atoms with Crippen LogP contribution in [0.15, 0.2) is 48.5 Å². The van der Waals surface area contributed by atoms with E-state index in [4.69, 9.17) is 5.21 Å². The summed E-state index contributed by atoms with van der Waals surface area (Å²) >= 11 is 0. The van der Waals surface area contributed by atoms with Gasteiger partial charge in [0.1, 0.15) is 11.8 Å². The molecule has 2 rings (SSSR count). The number of aliphatic hydroxyl groups is 1. The van der Waals surface area contributed by atoms with Crippen molar-refractivity contribution in [2.24, 2.45) is 0 Å². The Morgan fingerprint density at radius 3 is 2.33 bits per heavy atom. The molecule has 0 saturated heterocycles. The molecule has 0 aliphatic rings. The molecule has 0 aromatic heterocycles. The van der Waals surface area contributed by atoms with Gasteiger partial charge in [0.15, 0.2) is 0 Å². The minimum absolute atomic E-state index is 0.129. The molecule has 0 unspecified atom stereocenters. The monoisotopic (exact) mass is 368 g/mol. The molecule has 27 heavy (non-hydrogen) atoms. The van der Waals surface area contributed by atoms with Gasteiger partial charge >= 0.3 is 0 Å².